The third-order valence-electron chi connectivity index (χ3n) is 2.69. The normalized spacial score (nSPS) is 10.2. The Morgan fingerprint density at radius 1 is 1.35 bits per heavy atom. The standard InChI is InChI=1S/C14H13ClN4S/c1-2-20-14-18-12(10(8-16)13(17)19-14)7-9-5-3-4-6-11(9)15/h3-6H,2,7H2,1H3,(H2,17,18,19). The summed E-state index contributed by atoms with van der Waals surface area (Å²) >= 11 is 7.64. The lowest BCUT2D eigenvalue weighted by atomic mass is 10.1. The Morgan fingerprint density at radius 2 is 2.10 bits per heavy atom. The van der Waals surface area contributed by atoms with E-state index in [4.69, 9.17) is 17.3 Å². The molecule has 1 aromatic heterocycles. The van der Waals surface area contributed by atoms with E-state index in [1.54, 1.807) is 0 Å². The molecule has 0 saturated heterocycles. The zero-order valence-electron chi connectivity index (χ0n) is 10.9. The van der Waals surface area contributed by atoms with Crippen molar-refractivity contribution in [3.8, 4) is 6.07 Å². The molecule has 4 nitrogen and oxygen atoms in total. The highest BCUT2D eigenvalue weighted by molar-refractivity contribution is 7.99. The summed E-state index contributed by atoms with van der Waals surface area (Å²) < 4.78 is 0. The molecule has 0 unspecified atom stereocenters. The number of nitrogens with zero attached hydrogens (tertiary/aromatic N) is 3. The molecule has 102 valence electrons. The number of anilines is 1. The van der Waals surface area contributed by atoms with Gasteiger partial charge in [-0.3, -0.25) is 0 Å². The summed E-state index contributed by atoms with van der Waals surface area (Å²) in [6, 6.07) is 9.56. The van der Waals surface area contributed by atoms with Gasteiger partial charge in [0, 0.05) is 11.4 Å². The predicted octanol–water partition coefficient (Wildman–Crippen LogP) is 3.29. The second-order valence-electron chi connectivity index (χ2n) is 4.03. The molecule has 2 aromatic rings. The summed E-state index contributed by atoms with van der Waals surface area (Å²) in [6.07, 6.45) is 0.465. The van der Waals surface area contributed by atoms with E-state index < -0.39 is 0 Å². The first-order valence-electron chi connectivity index (χ1n) is 6.08. The summed E-state index contributed by atoms with van der Waals surface area (Å²) in [6.45, 7) is 2.01. The van der Waals surface area contributed by atoms with Crippen LogP contribution in [0.4, 0.5) is 5.82 Å². The minimum Gasteiger partial charge on any atom is -0.382 e. The zero-order valence-corrected chi connectivity index (χ0v) is 12.5. The van der Waals surface area contributed by atoms with E-state index in [2.05, 4.69) is 16.0 Å². The molecule has 0 bridgehead atoms. The average molecular weight is 305 g/mol. The van der Waals surface area contributed by atoms with Crippen LogP contribution in [-0.2, 0) is 6.42 Å². The number of nitrogens with two attached hydrogens (primary N) is 1. The lowest BCUT2D eigenvalue weighted by molar-refractivity contribution is 0.902. The Kier molecular flexibility index (Phi) is 4.83. The summed E-state index contributed by atoms with van der Waals surface area (Å²) in [5, 5.41) is 10.5. The van der Waals surface area contributed by atoms with Gasteiger partial charge in [-0.15, -0.1) is 0 Å². The van der Waals surface area contributed by atoms with Crippen molar-refractivity contribution in [2.45, 2.75) is 18.5 Å². The number of hydrogen-bond acceptors (Lipinski definition) is 5. The first-order chi connectivity index (χ1) is 9.65. The van der Waals surface area contributed by atoms with Crippen molar-refractivity contribution in [3.05, 3.63) is 46.1 Å². The van der Waals surface area contributed by atoms with Crippen LogP contribution in [-0.4, -0.2) is 15.7 Å². The Bertz CT molecular complexity index is 667. The van der Waals surface area contributed by atoms with Gasteiger partial charge in [-0.2, -0.15) is 5.26 Å². The lowest BCUT2D eigenvalue weighted by Gasteiger charge is -2.09. The van der Waals surface area contributed by atoms with Gasteiger partial charge in [-0.05, 0) is 17.4 Å². The van der Waals surface area contributed by atoms with Crippen molar-refractivity contribution in [3.63, 3.8) is 0 Å². The molecule has 0 spiro atoms. The van der Waals surface area contributed by atoms with Crippen molar-refractivity contribution < 1.29 is 0 Å². The maximum absolute atomic E-state index is 9.22. The fourth-order valence-corrected chi connectivity index (χ4v) is 2.57. The van der Waals surface area contributed by atoms with E-state index in [0.29, 0.717) is 27.9 Å². The summed E-state index contributed by atoms with van der Waals surface area (Å²) in [5.74, 6) is 1.07. The highest BCUT2D eigenvalue weighted by atomic mass is 35.5. The molecule has 0 radical (unpaired) electrons. The van der Waals surface area contributed by atoms with Crippen LogP contribution >= 0.6 is 23.4 Å². The molecule has 0 amide bonds. The minimum absolute atomic E-state index is 0.223. The number of benzene rings is 1. The molecule has 2 N–H and O–H groups in total. The molecule has 0 fully saturated rings. The molecular formula is C14H13ClN4S. The van der Waals surface area contributed by atoms with Gasteiger partial charge in [0.2, 0.25) is 0 Å². The minimum atomic E-state index is 0.223. The number of rotatable bonds is 4. The highest BCUT2D eigenvalue weighted by Gasteiger charge is 2.14. The van der Waals surface area contributed by atoms with Crippen LogP contribution in [0.2, 0.25) is 5.02 Å². The summed E-state index contributed by atoms with van der Waals surface area (Å²) in [4.78, 5) is 8.55. The Hall–Kier alpha value is -1.77. The van der Waals surface area contributed by atoms with Gasteiger partial charge in [-0.1, -0.05) is 48.5 Å². The van der Waals surface area contributed by atoms with Crippen LogP contribution in [0.3, 0.4) is 0 Å². The smallest absolute Gasteiger partial charge is 0.189 e. The fourth-order valence-electron chi connectivity index (χ4n) is 1.77. The summed E-state index contributed by atoms with van der Waals surface area (Å²) in [7, 11) is 0. The molecule has 0 aliphatic carbocycles. The van der Waals surface area contributed by atoms with E-state index in [1.807, 2.05) is 31.2 Å². The third kappa shape index (κ3) is 3.21. The number of aromatic nitrogens is 2. The SMILES string of the molecule is CCSc1nc(N)c(C#N)c(Cc2ccccc2Cl)n1. The van der Waals surface area contributed by atoms with Crippen LogP contribution in [0, 0.1) is 11.3 Å². The number of halogens is 1. The van der Waals surface area contributed by atoms with Crippen molar-refractivity contribution >= 4 is 29.2 Å². The van der Waals surface area contributed by atoms with E-state index in [9.17, 15) is 5.26 Å². The first-order valence-corrected chi connectivity index (χ1v) is 7.44. The molecule has 6 heteroatoms. The topological polar surface area (TPSA) is 75.6 Å². The van der Waals surface area contributed by atoms with Crippen molar-refractivity contribution in [2.75, 3.05) is 11.5 Å². The summed E-state index contributed by atoms with van der Waals surface area (Å²) in [5.41, 5.74) is 7.69. The first kappa shape index (κ1) is 14.6. The molecule has 0 aliphatic rings. The van der Waals surface area contributed by atoms with Crippen molar-refractivity contribution in [2.24, 2.45) is 0 Å². The third-order valence-corrected chi connectivity index (χ3v) is 3.79. The maximum Gasteiger partial charge on any atom is 0.189 e. The Balaban J connectivity index is 2.44. The number of thioether (sulfide) groups is 1. The van der Waals surface area contributed by atoms with Gasteiger partial charge in [0.25, 0.3) is 0 Å². The van der Waals surface area contributed by atoms with Crippen molar-refractivity contribution in [1.82, 2.24) is 9.97 Å². The molecule has 2 rings (SSSR count). The van der Waals surface area contributed by atoms with Gasteiger partial charge >= 0.3 is 0 Å². The van der Waals surface area contributed by atoms with Gasteiger partial charge in [-0.25, -0.2) is 9.97 Å². The van der Waals surface area contributed by atoms with Gasteiger partial charge in [0.05, 0.1) is 5.69 Å². The molecule has 1 heterocycles. The molecule has 0 aliphatic heterocycles. The molecule has 0 saturated carbocycles. The van der Waals surface area contributed by atoms with E-state index >= 15 is 0 Å². The average Bonchev–Trinajstić information content (AvgIpc) is 2.42. The van der Waals surface area contributed by atoms with Gasteiger partial charge in [0.15, 0.2) is 5.16 Å². The predicted molar refractivity (Wildman–Crippen MR) is 81.8 cm³/mol. The second-order valence-corrected chi connectivity index (χ2v) is 5.66. The van der Waals surface area contributed by atoms with E-state index in [1.165, 1.54) is 11.8 Å². The second kappa shape index (κ2) is 6.60. The number of nitrogen functional groups attached to an aromatic ring is 1. The van der Waals surface area contributed by atoms with Gasteiger partial charge < -0.3 is 5.73 Å². The van der Waals surface area contributed by atoms with Gasteiger partial charge in [0.1, 0.15) is 17.5 Å². The van der Waals surface area contributed by atoms with Crippen LogP contribution < -0.4 is 5.73 Å². The zero-order chi connectivity index (χ0) is 14.5. The van der Waals surface area contributed by atoms with Crippen LogP contribution in [0.15, 0.2) is 29.4 Å². The molecule has 20 heavy (non-hydrogen) atoms. The number of nitriles is 1. The molecule has 1 aromatic carbocycles. The highest BCUT2D eigenvalue weighted by Crippen LogP contribution is 2.24. The Morgan fingerprint density at radius 3 is 2.75 bits per heavy atom. The monoisotopic (exact) mass is 304 g/mol. The van der Waals surface area contributed by atoms with Crippen molar-refractivity contribution in [1.29, 1.82) is 5.26 Å². The fraction of sp³-hybridized carbons (Fsp3) is 0.214. The quantitative estimate of drug-likeness (QED) is 0.693. The number of hydrogen-bond donors (Lipinski definition) is 1. The lowest BCUT2D eigenvalue weighted by Crippen LogP contribution is -2.06. The van der Waals surface area contributed by atoms with Crippen LogP contribution in [0.5, 0.6) is 0 Å². The molecular weight excluding hydrogens is 292 g/mol. The Labute approximate surface area is 127 Å². The van der Waals surface area contributed by atoms with E-state index in [-0.39, 0.29) is 5.82 Å². The van der Waals surface area contributed by atoms with Crippen LogP contribution in [0.25, 0.3) is 0 Å². The largest absolute Gasteiger partial charge is 0.382 e. The van der Waals surface area contributed by atoms with Crippen LogP contribution in [0.1, 0.15) is 23.7 Å². The van der Waals surface area contributed by atoms with E-state index in [0.717, 1.165) is 11.3 Å². The molecule has 0 atom stereocenters. The maximum atomic E-state index is 9.22.